The molecule has 4 N–H and O–H groups in total. The van der Waals surface area contributed by atoms with E-state index in [-0.39, 0.29) is 18.4 Å². The number of piperazine rings is 1. The van der Waals surface area contributed by atoms with Crippen LogP contribution in [0.3, 0.4) is 0 Å². The predicted molar refractivity (Wildman–Crippen MR) is 106 cm³/mol. The van der Waals surface area contributed by atoms with Crippen molar-refractivity contribution >= 4 is 34.7 Å². The molecule has 148 valence electrons. The largest absolute Gasteiger partial charge is 0.368 e. The molecule has 11 nitrogen and oxygen atoms in total. The van der Waals surface area contributed by atoms with Crippen molar-refractivity contribution in [3.8, 4) is 0 Å². The van der Waals surface area contributed by atoms with E-state index >= 15 is 0 Å². The highest BCUT2D eigenvalue weighted by atomic mass is 16.2. The second-order valence-corrected chi connectivity index (χ2v) is 6.72. The molecule has 4 rings (SSSR count). The summed E-state index contributed by atoms with van der Waals surface area (Å²) >= 11 is 0. The lowest BCUT2D eigenvalue weighted by Crippen LogP contribution is -2.44. The SMILES string of the molecule is CCn1nc(C)cc1NC(=O)Cn1cnc2c(N3CCNCC3)nc(N)nc21. The van der Waals surface area contributed by atoms with E-state index in [4.69, 9.17) is 5.73 Å². The number of fused-ring (bicyclic) bond motifs is 1. The van der Waals surface area contributed by atoms with Crippen LogP contribution in [0, 0.1) is 6.92 Å². The summed E-state index contributed by atoms with van der Waals surface area (Å²) < 4.78 is 3.44. The zero-order valence-corrected chi connectivity index (χ0v) is 16.0. The zero-order chi connectivity index (χ0) is 19.7. The highest BCUT2D eigenvalue weighted by molar-refractivity contribution is 5.91. The molecule has 3 aromatic rings. The molecule has 0 unspecified atom stereocenters. The van der Waals surface area contributed by atoms with Gasteiger partial charge in [-0.25, -0.2) is 9.67 Å². The summed E-state index contributed by atoms with van der Waals surface area (Å²) in [5, 5.41) is 10.5. The molecule has 11 heteroatoms. The van der Waals surface area contributed by atoms with Crippen LogP contribution in [-0.4, -0.2) is 61.4 Å². The monoisotopic (exact) mass is 384 g/mol. The number of aromatic nitrogens is 6. The van der Waals surface area contributed by atoms with E-state index in [1.54, 1.807) is 15.6 Å². The third-order valence-electron chi connectivity index (χ3n) is 4.66. The molecule has 3 aromatic heterocycles. The molecule has 28 heavy (non-hydrogen) atoms. The summed E-state index contributed by atoms with van der Waals surface area (Å²) in [4.78, 5) is 27.9. The molecule has 1 aliphatic rings. The number of rotatable bonds is 5. The number of nitrogens with one attached hydrogen (secondary N) is 2. The summed E-state index contributed by atoms with van der Waals surface area (Å²) in [6.45, 7) is 8.00. The lowest BCUT2D eigenvalue weighted by Gasteiger charge is -2.28. The van der Waals surface area contributed by atoms with Crippen LogP contribution in [0.25, 0.3) is 11.2 Å². The average molecular weight is 384 g/mol. The van der Waals surface area contributed by atoms with Crippen LogP contribution in [0.15, 0.2) is 12.4 Å². The summed E-state index contributed by atoms with van der Waals surface area (Å²) in [5.41, 5.74) is 7.99. The molecule has 0 saturated carbocycles. The van der Waals surface area contributed by atoms with Gasteiger partial charge in [-0.1, -0.05) is 0 Å². The zero-order valence-electron chi connectivity index (χ0n) is 16.0. The van der Waals surface area contributed by atoms with Crippen LogP contribution in [0.1, 0.15) is 12.6 Å². The summed E-state index contributed by atoms with van der Waals surface area (Å²) in [6, 6.07) is 1.84. The number of imidazole rings is 1. The van der Waals surface area contributed by atoms with Gasteiger partial charge in [-0.15, -0.1) is 0 Å². The van der Waals surface area contributed by atoms with Crippen molar-refractivity contribution in [1.29, 1.82) is 0 Å². The van der Waals surface area contributed by atoms with E-state index < -0.39 is 0 Å². The molecule has 0 spiro atoms. The fraction of sp³-hybridized carbons (Fsp3) is 0.471. The van der Waals surface area contributed by atoms with Gasteiger partial charge in [-0.2, -0.15) is 15.1 Å². The summed E-state index contributed by atoms with van der Waals surface area (Å²) in [5.74, 6) is 1.37. The minimum atomic E-state index is -0.185. The molecule has 1 fully saturated rings. The Bertz CT molecular complexity index is 1000. The number of anilines is 3. The normalized spacial score (nSPS) is 14.6. The molecular formula is C17H24N10O. The number of amides is 1. The molecule has 1 amide bonds. The lowest BCUT2D eigenvalue weighted by atomic mass is 10.3. The van der Waals surface area contributed by atoms with Crippen molar-refractivity contribution in [2.45, 2.75) is 26.9 Å². The van der Waals surface area contributed by atoms with Gasteiger partial charge >= 0.3 is 0 Å². The van der Waals surface area contributed by atoms with E-state index in [9.17, 15) is 4.79 Å². The molecular weight excluding hydrogens is 360 g/mol. The van der Waals surface area contributed by atoms with Crippen molar-refractivity contribution in [3.63, 3.8) is 0 Å². The Labute approximate surface area is 161 Å². The van der Waals surface area contributed by atoms with Crippen LogP contribution in [0.2, 0.25) is 0 Å². The second-order valence-electron chi connectivity index (χ2n) is 6.72. The van der Waals surface area contributed by atoms with Crippen molar-refractivity contribution in [3.05, 3.63) is 18.1 Å². The van der Waals surface area contributed by atoms with Gasteiger partial charge in [0.05, 0.1) is 12.0 Å². The first kappa shape index (κ1) is 18.2. The lowest BCUT2D eigenvalue weighted by molar-refractivity contribution is -0.116. The molecule has 0 aliphatic carbocycles. The highest BCUT2D eigenvalue weighted by Gasteiger charge is 2.20. The van der Waals surface area contributed by atoms with Gasteiger partial charge < -0.3 is 25.8 Å². The maximum Gasteiger partial charge on any atom is 0.245 e. The van der Waals surface area contributed by atoms with E-state index in [1.165, 1.54) is 0 Å². The molecule has 4 heterocycles. The topological polar surface area (TPSA) is 132 Å². The van der Waals surface area contributed by atoms with Crippen molar-refractivity contribution in [2.75, 3.05) is 42.1 Å². The fourth-order valence-corrected chi connectivity index (χ4v) is 3.38. The van der Waals surface area contributed by atoms with Gasteiger partial charge in [0.1, 0.15) is 12.4 Å². The van der Waals surface area contributed by atoms with Gasteiger partial charge in [-0.05, 0) is 13.8 Å². The van der Waals surface area contributed by atoms with Gasteiger partial charge in [-0.3, -0.25) is 4.79 Å². The average Bonchev–Trinajstić information content (AvgIpc) is 3.24. The van der Waals surface area contributed by atoms with Gasteiger partial charge in [0.15, 0.2) is 17.0 Å². The number of nitrogens with zero attached hydrogens (tertiary/aromatic N) is 7. The fourth-order valence-electron chi connectivity index (χ4n) is 3.38. The van der Waals surface area contributed by atoms with Crippen LogP contribution in [-0.2, 0) is 17.9 Å². The van der Waals surface area contributed by atoms with E-state index in [2.05, 4.69) is 35.6 Å². The number of hydrogen-bond donors (Lipinski definition) is 3. The third-order valence-corrected chi connectivity index (χ3v) is 4.66. The summed E-state index contributed by atoms with van der Waals surface area (Å²) in [6.07, 6.45) is 1.60. The van der Waals surface area contributed by atoms with Crippen molar-refractivity contribution in [1.82, 2.24) is 34.6 Å². The molecule has 1 saturated heterocycles. The Morgan fingerprint density at radius 3 is 2.86 bits per heavy atom. The Morgan fingerprint density at radius 1 is 1.32 bits per heavy atom. The van der Waals surface area contributed by atoms with Gasteiger partial charge in [0.25, 0.3) is 0 Å². The Balaban J connectivity index is 1.59. The van der Waals surface area contributed by atoms with Crippen LogP contribution in [0.4, 0.5) is 17.6 Å². The van der Waals surface area contributed by atoms with E-state index in [0.717, 1.165) is 31.9 Å². The standard InChI is InChI=1S/C17H24N10O/c1-3-27-12(8-11(2)24-27)21-13(28)9-26-10-20-14-15(22-17(18)23-16(14)26)25-6-4-19-5-7-25/h8,10,19H,3-7,9H2,1-2H3,(H,21,28)(H2,18,22,23). The Morgan fingerprint density at radius 2 is 2.11 bits per heavy atom. The smallest absolute Gasteiger partial charge is 0.245 e. The number of nitrogens with two attached hydrogens (primary N) is 1. The molecule has 0 bridgehead atoms. The molecule has 0 atom stereocenters. The first-order chi connectivity index (χ1) is 13.5. The number of nitrogen functional groups attached to an aromatic ring is 1. The van der Waals surface area contributed by atoms with Crippen LogP contribution >= 0.6 is 0 Å². The Hall–Kier alpha value is -3.21. The second kappa shape index (κ2) is 7.43. The highest BCUT2D eigenvalue weighted by Crippen LogP contribution is 2.24. The maximum atomic E-state index is 12.6. The minimum Gasteiger partial charge on any atom is -0.368 e. The third kappa shape index (κ3) is 3.48. The number of aryl methyl sites for hydroxylation is 2. The number of hydrogen-bond acceptors (Lipinski definition) is 8. The summed E-state index contributed by atoms with van der Waals surface area (Å²) in [7, 11) is 0. The number of carbonyl (C=O) groups is 1. The van der Waals surface area contributed by atoms with Gasteiger partial charge in [0, 0.05) is 38.8 Å². The molecule has 0 aromatic carbocycles. The van der Waals surface area contributed by atoms with Crippen molar-refractivity contribution < 1.29 is 4.79 Å². The Kier molecular flexibility index (Phi) is 4.82. The molecule has 1 aliphatic heterocycles. The predicted octanol–water partition coefficient (Wildman–Crippen LogP) is -0.0184. The van der Waals surface area contributed by atoms with Crippen LogP contribution < -0.4 is 21.3 Å². The quantitative estimate of drug-likeness (QED) is 0.559. The van der Waals surface area contributed by atoms with E-state index in [1.807, 2.05) is 19.9 Å². The maximum absolute atomic E-state index is 12.6. The first-order valence-electron chi connectivity index (χ1n) is 9.33. The van der Waals surface area contributed by atoms with Crippen LogP contribution in [0.5, 0.6) is 0 Å². The minimum absolute atomic E-state index is 0.0713. The van der Waals surface area contributed by atoms with Crippen molar-refractivity contribution in [2.24, 2.45) is 0 Å². The molecule has 0 radical (unpaired) electrons. The van der Waals surface area contributed by atoms with Gasteiger partial charge in [0.2, 0.25) is 11.9 Å². The first-order valence-corrected chi connectivity index (χ1v) is 9.33. The van der Waals surface area contributed by atoms with E-state index in [0.29, 0.717) is 29.3 Å². The number of carbonyl (C=O) groups excluding carboxylic acids is 1.